The molecule has 1 aromatic heterocycles. The minimum Gasteiger partial charge on any atom is -0.339 e. The first-order valence-electron chi connectivity index (χ1n) is 8.86. The Hall–Kier alpha value is -0.870. The molecule has 0 unspecified atom stereocenters. The number of amides is 1. The maximum absolute atomic E-state index is 12.4. The Balaban J connectivity index is 1.25. The molecule has 1 saturated carbocycles. The highest BCUT2D eigenvalue weighted by Gasteiger charge is 2.36. The van der Waals surface area contributed by atoms with Gasteiger partial charge in [-0.2, -0.15) is 0 Å². The van der Waals surface area contributed by atoms with Gasteiger partial charge in [0.2, 0.25) is 5.91 Å². The van der Waals surface area contributed by atoms with Crippen LogP contribution in [0.3, 0.4) is 0 Å². The van der Waals surface area contributed by atoms with Crippen LogP contribution in [0.2, 0.25) is 0 Å². The molecule has 0 spiro atoms. The second-order valence-corrected chi connectivity index (χ2v) is 8.25. The molecule has 0 N–H and O–H groups in total. The number of rotatable bonds is 3. The van der Waals surface area contributed by atoms with Crippen molar-refractivity contribution < 1.29 is 4.79 Å². The molecule has 0 bridgehead atoms. The largest absolute Gasteiger partial charge is 0.339 e. The van der Waals surface area contributed by atoms with Crippen molar-refractivity contribution in [3.63, 3.8) is 0 Å². The van der Waals surface area contributed by atoms with Crippen LogP contribution in [0.5, 0.6) is 0 Å². The molecule has 22 heavy (non-hydrogen) atoms. The third-order valence-corrected chi connectivity index (χ3v) is 6.78. The molecule has 4 heteroatoms. The second-order valence-electron chi connectivity index (χ2n) is 7.25. The van der Waals surface area contributed by atoms with Gasteiger partial charge in [0.25, 0.3) is 0 Å². The van der Waals surface area contributed by atoms with Gasteiger partial charge >= 0.3 is 0 Å². The van der Waals surface area contributed by atoms with Gasteiger partial charge in [-0.05, 0) is 42.2 Å². The quantitative estimate of drug-likeness (QED) is 0.854. The molecule has 120 valence electrons. The predicted molar refractivity (Wildman–Crippen MR) is 90.0 cm³/mol. The third-order valence-electron chi connectivity index (χ3n) is 5.76. The van der Waals surface area contributed by atoms with E-state index in [1.54, 1.807) is 4.88 Å². The van der Waals surface area contributed by atoms with Crippen LogP contribution in [0.4, 0.5) is 0 Å². The van der Waals surface area contributed by atoms with Gasteiger partial charge in [0, 0.05) is 43.5 Å². The molecule has 0 atom stereocenters. The number of hydrogen-bond acceptors (Lipinski definition) is 3. The van der Waals surface area contributed by atoms with Crippen molar-refractivity contribution in [2.24, 2.45) is 5.92 Å². The lowest BCUT2D eigenvalue weighted by Gasteiger charge is -2.47. The van der Waals surface area contributed by atoms with Crippen LogP contribution in [0, 0.1) is 5.92 Å². The van der Waals surface area contributed by atoms with E-state index in [4.69, 9.17) is 0 Å². The van der Waals surface area contributed by atoms with Crippen LogP contribution in [0.1, 0.15) is 49.0 Å². The van der Waals surface area contributed by atoms with E-state index in [0.717, 1.165) is 26.1 Å². The number of hydrogen-bond donors (Lipinski definition) is 0. The Kier molecular flexibility index (Phi) is 4.23. The van der Waals surface area contributed by atoms with Crippen LogP contribution in [-0.2, 0) is 17.8 Å². The molecule has 3 heterocycles. The molecule has 1 saturated heterocycles. The summed E-state index contributed by atoms with van der Waals surface area (Å²) in [4.78, 5) is 18.6. The molecule has 1 aliphatic carbocycles. The first kappa shape index (κ1) is 14.7. The summed E-state index contributed by atoms with van der Waals surface area (Å²) in [7, 11) is 0. The van der Waals surface area contributed by atoms with Crippen molar-refractivity contribution in [3.8, 4) is 0 Å². The van der Waals surface area contributed by atoms with E-state index in [1.807, 2.05) is 11.3 Å². The standard InChI is InChI=1S/C18H26N2OS/c21-18(10-14-4-2-1-3-5-14)20-12-16(13-20)19-8-6-17-15(11-19)7-9-22-17/h7,9,14,16H,1-6,8,10-13H2. The SMILES string of the molecule is O=C(CC1CCCCC1)N1CC(N2CCc3sccc3C2)C1. The summed E-state index contributed by atoms with van der Waals surface area (Å²) in [6.07, 6.45) is 8.58. The van der Waals surface area contributed by atoms with Gasteiger partial charge in [0.15, 0.2) is 0 Å². The molecule has 2 aliphatic heterocycles. The Labute approximate surface area is 137 Å². The molecule has 1 aromatic rings. The highest BCUT2D eigenvalue weighted by Crippen LogP contribution is 2.30. The molecule has 3 aliphatic rings. The van der Waals surface area contributed by atoms with E-state index in [1.165, 1.54) is 50.6 Å². The first-order chi connectivity index (χ1) is 10.8. The van der Waals surface area contributed by atoms with Gasteiger partial charge < -0.3 is 4.90 Å². The normalized spacial score (nSPS) is 24.1. The molecule has 0 aromatic carbocycles. The average Bonchev–Trinajstić information content (AvgIpc) is 2.94. The van der Waals surface area contributed by atoms with Crippen LogP contribution >= 0.6 is 11.3 Å². The number of carbonyl (C=O) groups excluding carboxylic acids is 1. The van der Waals surface area contributed by atoms with Crippen LogP contribution in [0.15, 0.2) is 11.4 Å². The Morgan fingerprint density at radius 2 is 2.05 bits per heavy atom. The summed E-state index contributed by atoms with van der Waals surface area (Å²) < 4.78 is 0. The molecule has 0 radical (unpaired) electrons. The molecular formula is C18H26N2OS. The lowest BCUT2D eigenvalue weighted by atomic mass is 9.86. The van der Waals surface area contributed by atoms with Crippen molar-refractivity contribution in [2.45, 2.75) is 57.5 Å². The second kappa shape index (κ2) is 6.32. The fraction of sp³-hybridized carbons (Fsp3) is 0.722. The van der Waals surface area contributed by atoms with E-state index in [0.29, 0.717) is 17.9 Å². The van der Waals surface area contributed by atoms with Crippen molar-refractivity contribution in [1.82, 2.24) is 9.80 Å². The zero-order valence-corrected chi connectivity index (χ0v) is 14.1. The zero-order chi connectivity index (χ0) is 14.9. The van der Waals surface area contributed by atoms with Gasteiger partial charge in [0.05, 0.1) is 0 Å². The lowest BCUT2D eigenvalue weighted by molar-refractivity contribution is -0.140. The highest BCUT2D eigenvalue weighted by molar-refractivity contribution is 7.10. The van der Waals surface area contributed by atoms with E-state index in [2.05, 4.69) is 21.2 Å². The smallest absolute Gasteiger partial charge is 0.222 e. The average molecular weight is 318 g/mol. The van der Waals surface area contributed by atoms with E-state index in [-0.39, 0.29) is 0 Å². The monoisotopic (exact) mass is 318 g/mol. The van der Waals surface area contributed by atoms with Crippen LogP contribution < -0.4 is 0 Å². The summed E-state index contributed by atoms with van der Waals surface area (Å²) in [6.45, 7) is 4.19. The third kappa shape index (κ3) is 2.95. The maximum Gasteiger partial charge on any atom is 0.222 e. The minimum atomic E-state index is 0.413. The first-order valence-corrected chi connectivity index (χ1v) is 9.74. The van der Waals surface area contributed by atoms with Gasteiger partial charge in [-0.25, -0.2) is 0 Å². The fourth-order valence-corrected chi connectivity index (χ4v) is 5.13. The van der Waals surface area contributed by atoms with E-state index >= 15 is 0 Å². The summed E-state index contributed by atoms with van der Waals surface area (Å²) >= 11 is 1.90. The molecular weight excluding hydrogens is 292 g/mol. The topological polar surface area (TPSA) is 23.6 Å². The van der Waals surface area contributed by atoms with Crippen molar-refractivity contribution in [3.05, 3.63) is 21.9 Å². The zero-order valence-electron chi connectivity index (χ0n) is 13.3. The number of likely N-dealkylation sites (tertiary alicyclic amines) is 1. The van der Waals surface area contributed by atoms with Crippen molar-refractivity contribution >= 4 is 17.2 Å². The fourth-order valence-electron chi connectivity index (χ4n) is 4.24. The predicted octanol–water partition coefficient (Wildman–Crippen LogP) is 3.29. The number of thiophene rings is 1. The van der Waals surface area contributed by atoms with Crippen molar-refractivity contribution in [2.75, 3.05) is 19.6 Å². The highest BCUT2D eigenvalue weighted by atomic mass is 32.1. The molecule has 1 amide bonds. The van der Waals surface area contributed by atoms with Gasteiger partial charge in [0.1, 0.15) is 0 Å². The number of carbonyl (C=O) groups is 1. The van der Waals surface area contributed by atoms with Gasteiger partial charge in [-0.15, -0.1) is 11.3 Å². The molecule has 3 nitrogen and oxygen atoms in total. The molecule has 2 fully saturated rings. The summed E-state index contributed by atoms with van der Waals surface area (Å²) in [5, 5.41) is 2.22. The van der Waals surface area contributed by atoms with Gasteiger partial charge in [-0.3, -0.25) is 9.69 Å². The molecule has 4 rings (SSSR count). The number of fused-ring (bicyclic) bond motifs is 1. The Morgan fingerprint density at radius 1 is 1.23 bits per heavy atom. The lowest BCUT2D eigenvalue weighted by Crippen LogP contribution is -2.61. The van der Waals surface area contributed by atoms with Crippen LogP contribution in [-0.4, -0.2) is 41.4 Å². The van der Waals surface area contributed by atoms with Gasteiger partial charge in [-0.1, -0.05) is 19.3 Å². The van der Waals surface area contributed by atoms with Crippen LogP contribution in [0.25, 0.3) is 0 Å². The Morgan fingerprint density at radius 3 is 2.86 bits per heavy atom. The van der Waals surface area contributed by atoms with Crippen molar-refractivity contribution in [1.29, 1.82) is 0 Å². The number of nitrogens with zero attached hydrogens (tertiary/aromatic N) is 2. The minimum absolute atomic E-state index is 0.413. The summed E-state index contributed by atoms with van der Waals surface area (Å²) in [6, 6.07) is 2.87. The summed E-state index contributed by atoms with van der Waals surface area (Å²) in [5.41, 5.74) is 1.52. The maximum atomic E-state index is 12.4. The van der Waals surface area contributed by atoms with E-state index < -0.39 is 0 Å². The summed E-state index contributed by atoms with van der Waals surface area (Å²) in [5.74, 6) is 1.08. The van der Waals surface area contributed by atoms with E-state index in [9.17, 15) is 4.79 Å². The Bertz CT molecular complexity index is 529.